The normalized spacial score (nSPS) is 38.1. The Morgan fingerprint density at radius 1 is 0.947 bits per heavy atom. The molecule has 5 atom stereocenters. The van der Waals surface area contributed by atoms with Crippen molar-refractivity contribution in [2.45, 2.75) is 12.7 Å². The second-order valence-corrected chi connectivity index (χ2v) is 5.67. The van der Waals surface area contributed by atoms with Crippen molar-refractivity contribution in [2.24, 2.45) is 23.7 Å². The number of fused-ring (bicyclic) bond motifs is 5. The van der Waals surface area contributed by atoms with Crippen LogP contribution in [0.2, 0.25) is 0 Å². The van der Waals surface area contributed by atoms with E-state index in [1.165, 1.54) is 5.56 Å². The molecule has 2 nitrogen and oxygen atoms in total. The maximum Gasteiger partial charge on any atom is 0.159 e. The molecule has 0 spiro atoms. The van der Waals surface area contributed by atoms with Gasteiger partial charge in [-0.25, -0.2) is 0 Å². The lowest BCUT2D eigenvalue weighted by atomic mass is 9.85. The van der Waals surface area contributed by atoms with E-state index in [9.17, 15) is 4.79 Å². The highest BCUT2D eigenvalue weighted by Gasteiger charge is 2.55. The van der Waals surface area contributed by atoms with Crippen LogP contribution in [0.1, 0.15) is 5.56 Å². The fourth-order valence-electron chi connectivity index (χ4n) is 3.83. The first-order chi connectivity index (χ1) is 9.34. The van der Waals surface area contributed by atoms with Gasteiger partial charge in [-0.1, -0.05) is 48.6 Å². The molecule has 0 N–H and O–H groups in total. The van der Waals surface area contributed by atoms with Crippen molar-refractivity contribution in [3.8, 4) is 0 Å². The van der Waals surface area contributed by atoms with E-state index in [0.717, 1.165) is 0 Å². The number of hydrogen-bond donors (Lipinski definition) is 0. The largest absolute Gasteiger partial charge is 0.372 e. The Morgan fingerprint density at radius 3 is 2.53 bits per heavy atom. The van der Waals surface area contributed by atoms with Crippen LogP contribution in [0.5, 0.6) is 0 Å². The molecule has 0 radical (unpaired) electrons. The van der Waals surface area contributed by atoms with Crippen LogP contribution in [0.4, 0.5) is 0 Å². The van der Waals surface area contributed by atoms with Gasteiger partial charge in [0.25, 0.3) is 0 Å². The molecule has 3 aliphatic rings. The van der Waals surface area contributed by atoms with E-state index in [0.29, 0.717) is 18.4 Å². The number of allylic oxidation sites excluding steroid dienone is 2. The van der Waals surface area contributed by atoms with Gasteiger partial charge in [-0.15, -0.1) is 0 Å². The SMILES string of the molecule is O=C1C=C[C@H]2[C@H]3C=C[C@H]([C@@H]3OCc3ccccc3)[C@@H]12. The fraction of sp³-hybridized carbons (Fsp3) is 0.353. The molecule has 96 valence electrons. The first kappa shape index (κ1) is 11.2. The van der Waals surface area contributed by atoms with Gasteiger partial charge >= 0.3 is 0 Å². The smallest absolute Gasteiger partial charge is 0.159 e. The van der Waals surface area contributed by atoms with Gasteiger partial charge in [-0.2, -0.15) is 0 Å². The van der Waals surface area contributed by atoms with Gasteiger partial charge in [0.05, 0.1) is 12.7 Å². The van der Waals surface area contributed by atoms with E-state index in [1.54, 1.807) is 6.08 Å². The molecule has 0 aromatic heterocycles. The van der Waals surface area contributed by atoms with E-state index < -0.39 is 0 Å². The van der Waals surface area contributed by atoms with Crippen molar-refractivity contribution < 1.29 is 9.53 Å². The highest BCUT2D eigenvalue weighted by molar-refractivity contribution is 5.95. The number of benzene rings is 1. The van der Waals surface area contributed by atoms with Crippen LogP contribution in [0.3, 0.4) is 0 Å². The number of ether oxygens (including phenoxy) is 1. The number of hydrogen-bond acceptors (Lipinski definition) is 2. The van der Waals surface area contributed by atoms with Crippen LogP contribution < -0.4 is 0 Å². The summed E-state index contributed by atoms with van der Waals surface area (Å²) in [6.07, 6.45) is 8.45. The zero-order chi connectivity index (χ0) is 12.8. The standard InChI is InChI=1S/C17H16O2/c18-15-9-8-12-13-6-7-14(16(12)15)17(13)19-10-11-4-2-1-3-5-11/h1-9,12-14,16-17H,10H2/t12-,13+,14-,16-,17+/m0/s1. The molecule has 1 fully saturated rings. The Kier molecular flexibility index (Phi) is 2.46. The third-order valence-electron chi connectivity index (χ3n) is 4.68. The molecular formula is C17H16O2. The minimum atomic E-state index is 0.149. The van der Waals surface area contributed by atoms with Gasteiger partial charge in [0.2, 0.25) is 0 Å². The molecule has 4 rings (SSSR count). The molecule has 19 heavy (non-hydrogen) atoms. The Balaban J connectivity index is 1.50. The van der Waals surface area contributed by atoms with Crippen LogP contribution in [-0.4, -0.2) is 11.9 Å². The Morgan fingerprint density at radius 2 is 1.74 bits per heavy atom. The maximum atomic E-state index is 11.9. The first-order valence-corrected chi connectivity index (χ1v) is 6.90. The molecule has 0 amide bonds. The summed E-state index contributed by atoms with van der Waals surface area (Å²) < 4.78 is 6.11. The van der Waals surface area contributed by atoms with Crippen molar-refractivity contribution in [2.75, 3.05) is 0 Å². The minimum absolute atomic E-state index is 0.149. The summed E-state index contributed by atoms with van der Waals surface area (Å²) in [6, 6.07) is 10.2. The quantitative estimate of drug-likeness (QED) is 0.773. The number of carbonyl (C=O) groups is 1. The Bertz CT molecular complexity index is 558. The lowest BCUT2D eigenvalue weighted by Crippen LogP contribution is -2.23. The zero-order valence-corrected chi connectivity index (χ0v) is 10.6. The van der Waals surface area contributed by atoms with Crippen LogP contribution in [-0.2, 0) is 16.1 Å². The minimum Gasteiger partial charge on any atom is -0.372 e. The van der Waals surface area contributed by atoms with Gasteiger partial charge in [-0.05, 0) is 17.6 Å². The third-order valence-corrected chi connectivity index (χ3v) is 4.68. The second-order valence-electron chi connectivity index (χ2n) is 5.67. The van der Waals surface area contributed by atoms with Crippen LogP contribution in [0.25, 0.3) is 0 Å². The highest BCUT2D eigenvalue weighted by atomic mass is 16.5. The number of carbonyl (C=O) groups excluding carboxylic acids is 1. The average molecular weight is 252 g/mol. The van der Waals surface area contributed by atoms with Crippen LogP contribution >= 0.6 is 0 Å². The molecule has 2 bridgehead atoms. The van der Waals surface area contributed by atoms with Crippen LogP contribution in [0.15, 0.2) is 54.6 Å². The average Bonchev–Trinajstić information content (AvgIpc) is 3.10. The molecule has 0 saturated heterocycles. The van der Waals surface area contributed by atoms with E-state index in [2.05, 4.69) is 30.4 Å². The maximum absolute atomic E-state index is 11.9. The first-order valence-electron chi connectivity index (χ1n) is 6.90. The molecule has 0 aliphatic heterocycles. The zero-order valence-electron chi connectivity index (χ0n) is 10.6. The summed E-state index contributed by atoms with van der Waals surface area (Å²) in [5.74, 6) is 1.48. The molecule has 1 saturated carbocycles. The summed E-state index contributed by atoms with van der Waals surface area (Å²) in [5, 5.41) is 0. The molecule has 3 aliphatic carbocycles. The monoisotopic (exact) mass is 252 g/mol. The van der Waals surface area contributed by atoms with E-state index in [1.807, 2.05) is 18.2 Å². The molecular weight excluding hydrogens is 236 g/mol. The van der Waals surface area contributed by atoms with Gasteiger partial charge < -0.3 is 4.74 Å². The van der Waals surface area contributed by atoms with Crippen molar-refractivity contribution in [3.63, 3.8) is 0 Å². The van der Waals surface area contributed by atoms with Crippen molar-refractivity contribution in [1.82, 2.24) is 0 Å². The summed E-state index contributed by atoms with van der Waals surface area (Å²) in [4.78, 5) is 11.9. The third kappa shape index (κ3) is 1.63. The van der Waals surface area contributed by atoms with Crippen molar-refractivity contribution >= 4 is 5.78 Å². The summed E-state index contributed by atoms with van der Waals surface area (Å²) in [7, 11) is 0. The molecule has 1 aromatic carbocycles. The lowest BCUT2D eigenvalue weighted by Gasteiger charge is -2.18. The fourth-order valence-corrected chi connectivity index (χ4v) is 3.83. The molecule has 0 unspecified atom stereocenters. The van der Waals surface area contributed by atoms with Gasteiger partial charge in [-0.3, -0.25) is 4.79 Å². The predicted molar refractivity (Wildman–Crippen MR) is 72.3 cm³/mol. The van der Waals surface area contributed by atoms with Gasteiger partial charge in [0.1, 0.15) is 0 Å². The van der Waals surface area contributed by atoms with E-state index >= 15 is 0 Å². The molecule has 1 aromatic rings. The Hall–Kier alpha value is -1.67. The number of rotatable bonds is 3. The van der Waals surface area contributed by atoms with Crippen molar-refractivity contribution in [1.29, 1.82) is 0 Å². The summed E-state index contributed by atoms with van der Waals surface area (Å²) in [5.41, 5.74) is 1.20. The highest BCUT2D eigenvalue weighted by Crippen LogP contribution is 2.52. The topological polar surface area (TPSA) is 26.3 Å². The predicted octanol–water partition coefficient (Wildman–Crippen LogP) is 2.76. The summed E-state index contributed by atoms with van der Waals surface area (Å²) >= 11 is 0. The number of ketones is 1. The van der Waals surface area contributed by atoms with E-state index in [4.69, 9.17) is 4.74 Å². The van der Waals surface area contributed by atoms with E-state index in [-0.39, 0.29) is 23.7 Å². The Labute approximate surface area is 112 Å². The molecule has 2 heteroatoms. The van der Waals surface area contributed by atoms with Gasteiger partial charge in [0, 0.05) is 17.8 Å². The lowest BCUT2D eigenvalue weighted by molar-refractivity contribution is -0.119. The summed E-state index contributed by atoms with van der Waals surface area (Å²) in [6.45, 7) is 0.636. The molecule has 0 heterocycles. The van der Waals surface area contributed by atoms with Crippen molar-refractivity contribution in [3.05, 3.63) is 60.2 Å². The van der Waals surface area contributed by atoms with Gasteiger partial charge in [0.15, 0.2) is 5.78 Å². The second kappa shape index (κ2) is 4.17. The van der Waals surface area contributed by atoms with Crippen LogP contribution in [0, 0.1) is 23.7 Å².